The Labute approximate surface area is 218 Å². The van der Waals surface area contributed by atoms with Crippen LogP contribution in [0.15, 0.2) is 42.7 Å². The number of nitrogens with two attached hydrogens (primary N) is 1. The number of pyridine rings is 2. The van der Waals surface area contributed by atoms with Crippen LogP contribution >= 0.6 is 0 Å². The molecule has 2 N–H and O–H groups in total. The van der Waals surface area contributed by atoms with E-state index in [9.17, 15) is 5.26 Å². The van der Waals surface area contributed by atoms with Gasteiger partial charge in [-0.15, -0.1) is 0 Å². The first-order valence-electron chi connectivity index (χ1n) is 13.2. The number of piperazine rings is 2. The lowest BCUT2D eigenvalue weighted by Gasteiger charge is -2.48. The number of fused-ring (bicyclic) bond motifs is 2. The van der Waals surface area contributed by atoms with Gasteiger partial charge in [0.05, 0.1) is 36.2 Å². The van der Waals surface area contributed by atoms with Crippen LogP contribution in [0.2, 0.25) is 0 Å². The Hall–Kier alpha value is -3.45. The molecule has 3 saturated heterocycles. The van der Waals surface area contributed by atoms with E-state index in [1.807, 2.05) is 18.3 Å². The summed E-state index contributed by atoms with van der Waals surface area (Å²) in [6.45, 7) is 11.0. The molecule has 0 bridgehead atoms. The summed E-state index contributed by atoms with van der Waals surface area (Å²) in [7, 11) is 0. The number of benzene rings is 1. The molecule has 2 atom stereocenters. The van der Waals surface area contributed by atoms with E-state index in [1.54, 1.807) is 6.20 Å². The van der Waals surface area contributed by atoms with Crippen LogP contribution in [0.3, 0.4) is 0 Å². The molecule has 0 spiro atoms. The molecule has 1 unspecified atom stereocenters. The van der Waals surface area contributed by atoms with E-state index in [2.05, 4.69) is 55.8 Å². The standard InChI is InChI=1S/C28H34N8O/c1-20-13-27(36-11-12-37-19-22(30)16-36)32-15-26(20)35-10-8-33-7-9-34(17-23(33)18-35)25-5-4-21(14-29)28-24(25)3-2-6-31-28/h2-6,13,15,22-23H,7-12,16-19,30H2,1H3/t22-,23?/m1/s1. The summed E-state index contributed by atoms with van der Waals surface area (Å²) < 4.78 is 5.60. The fraction of sp³-hybridized carbons (Fsp3) is 0.464. The molecular weight excluding hydrogens is 464 g/mol. The average molecular weight is 499 g/mol. The van der Waals surface area contributed by atoms with Gasteiger partial charge in [-0.05, 0) is 42.8 Å². The second-order valence-electron chi connectivity index (χ2n) is 10.3. The van der Waals surface area contributed by atoms with Gasteiger partial charge in [0.1, 0.15) is 11.9 Å². The lowest BCUT2D eigenvalue weighted by Crippen LogP contribution is -2.62. The van der Waals surface area contributed by atoms with Crippen LogP contribution in [-0.4, -0.2) is 92.5 Å². The molecule has 3 aromatic rings. The molecule has 9 nitrogen and oxygen atoms in total. The molecule has 3 fully saturated rings. The molecular formula is C28H34N8O. The third kappa shape index (κ3) is 4.68. The maximum atomic E-state index is 9.53. The summed E-state index contributed by atoms with van der Waals surface area (Å²) in [5.41, 5.74) is 11.2. The van der Waals surface area contributed by atoms with Crippen LogP contribution in [0, 0.1) is 18.3 Å². The Morgan fingerprint density at radius 3 is 2.57 bits per heavy atom. The van der Waals surface area contributed by atoms with Gasteiger partial charge in [0.2, 0.25) is 0 Å². The third-order valence-corrected chi connectivity index (χ3v) is 7.93. The highest BCUT2D eigenvalue weighted by atomic mass is 16.5. The zero-order chi connectivity index (χ0) is 25.4. The van der Waals surface area contributed by atoms with E-state index in [0.717, 1.165) is 69.1 Å². The number of hydrogen-bond acceptors (Lipinski definition) is 9. The molecule has 0 radical (unpaired) electrons. The number of anilines is 3. The van der Waals surface area contributed by atoms with Crippen molar-refractivity contribution in [2.45, 2.75) is 19.0 Å². The molecule has 0 amide bonds. The summed E-state index contributed by atoms with van der Waals surface area (Å²) in [6.07, 6.45) is 3.80. The Bertz CT molecular complexity index is 1320. The smallest absolute Gasteiger partial charge is 0.129 e. The fourth-order valence-electron chi connectivity index (χ4n) is 6.00. The maximum absolute atomic E-state index is 9.53. The van der Waals surface area contributed by atoms with Crippen molar-refractivity contribution in [2.75, 3.05) is 80.3 Å². The number of nitriles is 1. The first-order valence-corrected chi connectivity index (χ1v) is 13.2. The number of rotatable bonds is 3. The Balaban J connectivity index is 1.20. The van der Waals surface area contributed by atoms with Gasteiger partial charge in [0, 0.05) is 81.7 Å². The molecule has 5 heterocycles. The van der Waals surface area contributed by atoms with Gasteiger partial charge in [-0.3, -0.25) is 9.88 Å². The molecule has 0 aliphatic carbocycles. The van der Waals surface area contributed by atoms with Gasteiger partial charge in [0.25, 0.3) is 0 Å². The third-order valence-electron chi connectivity index (χ3n) is 7.93. The van der Waals surface area contributed by atoms with E-state index in [1.165, 1.54) is 16.9 Å². The van der Waals surface area contributed by atoms with E-state index < -0.39 is 0 Å². The maximum Gasteiger partial charge on any atom is 0.129 e. The highest BCUT2D eigenvalue weighted by molar-refractivity contribution is 5.95. The second kappa shape index (κ2) is 10.1. The average Bonchev–Trinajstić information content (AvgIpc) is 3.16. The second-order valence-corrected chi connectivity index (χ2v) is 10.3. The summed E-state index contributed by atoms with van der Waals surface area (Å²) in [6, 6.07) is 12.9. The van der Waals surface area contributed by atoms with E-state index in [0.29, 0.717) is 24.8 Å². The van der Waals surface area contributed by atoms with E-state index >= 15 is 0 Å². The number of hydrogen-bond donors (Lipinski definition) is 1. The lowest BCUT2D eigenvalue weighted by atomic mass is 10.0. The summed E-state index contributed by atoms with van der Waals surface area (Å²) in [5, 5.41) is 10.6. The zero-order valence-corrected chi connectivity index (χ0v) is 21.4. The number of ether oxygens (including phenoxy) is 1. The van der Waals surface area contributed by atoms with Gasteiger partial charge < -0.3 is 25.2 Å². The molecule has 1 aromatic carbocycles. The largest absolute Gasteiger partial charge is 0.378 e. The van der Waals surface area contributed by atoms with Crippen molar-refractivity contribution in [3.63, 3.8) is 0 Å². The minimum absolute atomic E-state index is 0.00983. The monoisotopic (exact) mass is 498 g/mol. The number of aromatic nitrogens is 2. The molecule has 9 heteroatoms. The van der Waals surface area contributed by atoms with Crippen molar-refractivity contribution in [3.8, 4) is 6.07 Å². The van der Waals surface area contributed by atoms with Gasteiger partial charge >= 0.3 is 0 Å². The zero-order valence-electron chi connectivity index (χ0n) is 21.4. The molecule has 37 heavy (non-hydrogen) atoms. The molecule has 3 aliphatic rings. The Kier molecular flexibility index (Phi) is 6.55. The highest BCUT2D eigenvalue weighted by Crippen LogP contribution is 2.32. The minimum atomic E-state index is 0.00983. The van der Waals surface area contributed by atoms with Crippen molar-refractivity contribution in [1.82, 2.24) is 14.9 Å². The van der Waals surface area contributed by atoms with Crippen LogP contribution in [-0.2, 0) is 4.74 Å². The lowest BCUT2D eigenvalue weighted by molar-refractivity contribution is 0.142. The first-order chi connectivity index (χ1) is 18.1. The van der Waals surface area contributed by atoms with Crippen LogP contribution in [0.5, 0.6) is 0 Å². The van der Waals surface area contributed by atoms with Gasteiger partial charge in [0.15, 0.2) is 0 Å². The first kappa shape index (κ1) is 23.9. The SMILES string of the molecule is Cc1cc(N2CCOC[C@H](N)C2)ncc1N1CCN2CCN(c3ccc(C#N)c4ncccc34)CC2C1. The van der Waals surface area contributed by atoms with Crippen LogP contribution in [0.4, 0.5) is 17.2 Å². The Morgan fingerprint density at radius 2 is 1.78 bits per heavy atom. The molecule has 2 aromatic heterocycles. The van der Waals surface area contributed by atoms with E-state index in [-0.39, 0.29) is 6.04 Å². The summed E-state index contributed by atoms with van der Waals surface area (Å²) in [5.74, 6) is 0.978. The van der Waals surface area contributed by atoms with Crippen molar-refractivity contribution >= 4 is 28.1 Å². The van der Waals surface area contributed by atoms with Crippen molar-refractivity contribution in [1.29, 1.82) is 5.26 Å². The minimum Gasteiger partial charge on any atom is -0.378 e. The molecule has 192 valence electrons. The van der Waals surface area contributed by atoms with Crippen molar-refractivity contribution in [2.24, 2.45) is 5.73 Å². The molecule has 0 saturated carbocycles. The van der Waals surface area contributed by atoms with Crippen LogP contribution in [0.25, 0.3) is 10.9 Å². The molecule has 3 aliphatic heterocycles. The van der Waals surface area contributed by atoms with Crippen LogP contribution < -0.4 is 20.4 Å². The summed E-state index contributed by atoms with van der Waals surface area (Å²) in [4.78, 5) is 19.2. The quantitative estimate of drug-likeness (QED) is 0.581. The van der Waals surface area contributed by atoms with E-state index in [4.69, 9.17) is 15.5 Å². The van der Waals surface area contributed by atoms with Gasteiger partial charge in [-0.1, -0.05) is 0 Å². The van der Waals surface area contributed by atoms with Gasteiger partial charge in [-0.25, -0.2) is 4.98 Å². The predicted molar refractivity (Wildman–Crippen MR) is 146 cm³/mol. The van der Waals surface area contributed by atoms with Crippen molar-refractivity contribution < 1.29 is 4.74 Å². The van der Waals surface area contributed by atoms with Gasteiger partial charge in [-0.2, -0.15) is 5.26 Å². The Morgan fingerprint density at radius 1 is 0.973 bits per heavy atom. The van der Waals surface area contributed by atoms with Crippen molar-refractivity contribution in [3.05, 3.63) is 53.9 Å². The fourth-order valence-corrected chi connectivity index (χ4v) is 6.00. The highest BCUT2D eigenvalue weighted by Gasteiger charge is 2.33. The predicted octanol–water partition coefficient (Wildman–Crippen LogP) is 1.98. The summed E-state index contributed by atoms with van der Waals surface area (Å²) >= 11 is 0. The molecule has 6 rings (SSSR count). The van der Waals surface area contributed by atoms with Crippen LogP contribution in [0.1, 0.15) is 11.1 Å². The number of nitrogens with zero attached hydrogens (tertiary/aromatic N) is 7. The number of aryl methyl sites for hydroxylation is 1. The topological polar surface area (TPSA) is 97.8 Å². The normalized spacial score (nSPS) is 23.0.